The highest BCUT2D eigenvalue weighted by Crippen LogP contribution is 2.26. The van der Waals surface area contributed by atoms with Crippen molar-refractivity contribution in [2.24, 2.45) is 0 Å². The zero-order valence-electron chi connectivity index (χ0n) is 44.4. The van der Waals surface area contributed by atoms with E-state index in [0.717, 1.165) is 38.5 Å². The lowest BCUT2D eigenvalue weighted by Gasteiger charge is -2.41. The van der Waals surface area contributed by atoms with Crippen LogP contribution in [0.5, 0.6) is 0 Å². The van der Waals surface area contributed by atoms with E-state index < -0.39 is 59.8 Å². The molecule has 410 valence electrons. The predicted octanol–water partition coefficient (Wildman–Crippen LogP) is 14.1. The summed E-state index contributed by atoms with van der Waals surface area (Å²) >= 11 is 0. The fraction of sp³-hybridized carbons (Fsp3) is 0.946. The van der Waals surface area contributed by atoms with E-state index in [1.54, 1.807) is 0 Å². The lowest BCUT2D eigenvalue weighted by Crippen LogP contribution is -2.60. The first-order chi connectivity index (χ1) is 33.6. The Morgan fingerprint density at radius 3 is 1.30 bits per heavy atom. The minimum Gasteiger partial charge on any atom is -0.457 e. The molecule has 4 N–H and O–H groups in total. The van der Waals surface area contributed by atoms with E-state index in [1.165, 1.54) is 212 Å². The predicted molar refractivity (Wildman–Crippen MR) is 281 cm³/mol. The third kappa shape index (κ3) is 40.9. The number of aliphatic hydroxyl groups excluding tert-OH is 3. The van der Waals surface area contributed by atoms with Gasteiger partial charge in [-0.1, -0.05) is 244 Å². The van der Waals surface area contributed by atoms with Crippen LogP contribution in [0.15, 0.2) is 12.2 Å². The maximum Gasteiger partial charge on any atom is 0.397 e. The van der Waals surface area contributed by atoms with Crippen LogP contribution in [0.1, 0.15) is 277 Å². The first-order valence-electron chi connectivity index (χ1n) is 28.9. The molecule has 0 aromatic heterocycles. The summed E-state index contributed by atoms with van der Waals surface area (Å²) in [5.41, 5.74) is 0. The molecule has 0 bridgehead atoms. The van der Waals surface area contributed by atoms with E-state index in [9.17, 15) is 33.1 Å². The highest BCUT2D eigenvalue weighted by atomic mass is 32.3. The number of hydrogen-bond acceptors (Lipinski definition) is 11. The lowest BCUT2D eigenvalue weighted by molar-refractivity contribution is -0.301. The summed E-state index contributed by atoms with van der Waals surface area (Å²) in [6.45, 7) is 4.06. The van der Waals surface area contributed by atoms with E-state index in [0.29, 0.717) is 13.0 Å². The number of ether oxygens (including phenoxy) is 4. The second kappa shape index (κ2) is 47.8. The van der Waals surface area contributed by atoms with Crippen molar-refractivity contribution in [2.75, 3.05) is 26.4 Å². The number of allylic oxidation sites excluding steroid dienone is 2. The number of hydrogen-bond donors (Lipinski definition) is 4. The van der Waals surface area contributed by atoms with E-state index in [2.05, 4.69) is 30.2 Å². The van der Waals surface area contributed by atoms with Crippen molar-refractivity contribution >= 4 is 16.4 Å². The Bertz CT molecular complexity index is 1250. The Balaban J connectivity index is 2.27. The number of esters is 1. The van der Waals surface area contributed by atoms with Gasteiger partial charge in [0, 0.05) is 13.0 Å². The zero-order valence-corrected chi connectivity index (χ0v) is 45.2. The molecule has 0 saturated carbocycles. The molecule has 1 fully saturated rings. The minimum atomic E-state index is -5.06. The van der Waals surface area contributed by atoms with Crippen LogP contribution in [-0.4, -0.2) is 97.5 Å². The van der Waals surface area contributed by atoms with Crippen molar-refractivity contribution in [1.29, 1.82) is 0 Å². The number of aliphatic hydroxyl groups is 3. The summed E-state index contributed by atoms with van der Waals surface area (Å²) in [5, 5.41) is 30.8. The molecule has 0 amide bonds. The van der Waals surface area contributed by atoms with Gasteiger partial charge in [-0.15, -0.1) is 0 Å². The SMILES string of the molecule is CCCCCCCCCC/C=C\CCCCCCCCCCCCCCOCC(COC1OC(CO)C(O)C(OS(=O)(=O)O)C1O)OC(=O)CCCCCCCCCCCCCCCCCCCC. The Labute approximate surface area is 423 Å². The van der Waals surface area contributed by atoms with E-state index in [1.807, 2.05) is 0 Å². The second-order valence-electron chi connectivity index (χ2n) is 20.2. The van der Waals surface area contributed by atoms with Crippen LogP contribution in [0.2, 0.25) is 0 Å². The van der Waals surface area contributed by atoms with Crippen LogP contribution in [0.3, 0.4) is 0 Å². The molecule has 1 saturated heterocycles. The van der Waals surface area contributed by atoms with Crippen molar-refractivity contribution in [3.8, 4) is 0 Å². The summed E-state index contributed by atoms with van der Waals surface area (Å²) in [7, 11) is -5.06. The molecule has 6 atom stereocenters. The van der Waals surface area contributed by atoms with Crippen LogP contribution < -0.4 is 0 Å². The molecular weight excluding hydrogens is 897 g/mol. The standard InChI is InChI=1S/C56H108O12S/c1-3-5-7-9-11-13-15-17-19-21-23-24-25-26-27-28-30-32-34-36-38-40-42-44-46-64-48-50(49-65-56-54(60)55(68-69(61,62)63)53(59)51(47-57)67-56)66-52(58)45-43-41-39-37-35-33-31-29-22-20-18-16-14-12-10-8-6-4-2/h21,23,50-51,53-57,59-60H,3-20,22,24-49H2,1-2H3,(H,61,62,63)/b23-21-. The quantitative estimate of drug-likeness (QED) is 0.0196. The molecule has 0 aromatic rings. The molecule has 1 rings (SSSR count). The highest BCUT2D eigenvalue weighted by molar-refractivity contribution is 7.80. The molecule has 0 spiro atoms. The Kier molecular flexibility index (Phi) is 45.6. The summed E-state index contributed by atoms with van der Waals surface area (Å²) in [6.07, 6.45) is 46.8. The van der Waals surface area contributed by atoms with Crippen molar-refractivity contribution in [3.63, 3.8) is 0 Å². The number of carbonyl (C=O) groups excluding carboxylic acids is 1. The first-order valence-corrected chi connectivity index (χ1v) is 30.3. The summed E-state index contributed by atoms with van der Waals surface area (Å²) < 4.78 is 59.4. The van der Waals surface area contributed by atoms with Crippen molar-refractivity contribution in [3.05, 3.63) is 12.2 Å². The van der Waals surface area contributed by atoms with Crippen molar-refractivity contribution in [2.45, 2.75) is 314 Å². The number of unbranched alkanes of at least 4 members (excludes halogenated alkanes) is 37. The van der Waals surface area contributed by atoms with Crippen LogP contribution in [-0.2, 0) is 38.3 Å². The fourth-order valence-electron chi connectivity index (χ4n) is 9.26. The second-order valence-corrected chi connectivity index (χ2v) is 21.3. The van der Waals surface area contributed by atoms with E-state index in [-0.39, 0.29) is 19.6 Å². The summed E-state index contributed by atoms with van der Waals surface area (Å²) in [4.78, 5) is 12.9. The molecule has 6 unspecified atom stereocenters. The summed E-state index contributed by atoms with van der Waals surface area (Å²) in [6, 6.07) is 0. The third-order valence-corrected chi connectivity index (χ3v) is 14.1. The normalized spacial score (nSPS) is 19.2. The first kappa shape index (κ1) is 65.9. The molecule has 1 heterocycles. The van der Waals surface area contributed by atoms with Gasteiger partial charge in [-0.25, -0.2) is 4.18 Å². The molecule has 0 aromatic carbocycles. The van der Waals surface area contributed by atoms with Gasteiger partial charge in [0.25, 0.3) is 0 Å². The molecular formula is C56H108O12S. The van der Waals surface area contributed by atoms with Gasteiger partial charge in [0.1, 0.15) is 30.5 Å². The molecule has 1 aliphatic rings. The average Bonchev–Trinajstić information content (AvgIpc) is 3.32. The van der Waals surface area contributed by atoms with Gasteiger partial charge >= 0.3 is 16.4 Å². The molecule has 12 nitrogen and oxygen atoms in total. The highest BCUT2D eigenvalue weighted by Gasteiger charge is 2.48. The van der Waals surface area contributed by atoms with Crippen molar-refractivity contribution < 1.29 is 56.2 Å². The molecule has 13 heteroatoms. The topological polar surface area (TPSA) is 178 Å². The van der Waals surface area contributed by atoms with E-state index in [4.69, 9.17) is 18.9 Å². The molecule has 1 aliphatic heterocycles. The Morgan fingerprint density at radius 2 is 0.913 bits per heavy atom. The van der Waals surface area contributed by atoms with Gasteiger partial charge in [-0.2, -0.15) is 8.42 Å². The van der Waals surface area contributed by atoms with Gasteiger partial charge in [-0.05, 0) is 38.5 Å². The van der Waals surface area contributed by atoms with Crippen molar-refractivity contribution in [1.82, 2.24) is 0 Å². The van der Waals surface area contributed by atoms with E-state index >= 15 is 0 Å². The summed E-state index contributed by atoms with van der Waals surface area (Å²) in [5.74, 6) is -0.391. The molecule has 0 radical (unpaired) electrons. The third-order valence-electron chi connectivity index (χ3n) is 13.6. The largest absolute Gasteiger partial charge is 0.457 e. The minimum absolute atomic E-state index is 0.0424. The smallest absolute Gasteiger partial charge is 0.397 e. The zero-order chi connectivity index (χ0) is 50.3. The van der Waals surface area contributed by atoms with Crippen LogP contribution in [0.25, 0.3) is 0 Å². The molecule has 0 aliphatic carbocycles. The average molecular weight is 1010 g/mol. The molecule has 69 heavy (non-hydrogen) atoms. The van der Waals surface area contributed by atoms with Gasteiger partial charge in [0.2, 0.25) is 0 Å². The van der Waals surface area contributed by atoms with Gasteiger partial charge in [0.05, 0.1) is 19.8 Å². The number of carbonyl (C=O) groups is 1. The van der Waals surface area contributed by atoms with Gasteiger partial charge in [0.15, 0.2) is 6.29 Å². The van der Waals surface area contributed by atoms with Crippen LogP contribution >= 0.6 is 0 Å². The monoisotopic (exact) mass is 1000 g/mol. The van der Waals surface area contributed by atoms with Gasteiger partial charge < -0.3 is 34.3 Å². The Morgan fingerprint density at radius 1 is 0.536 bits per heavy atom. The number of rotatable bonds is 52. The van der Waals surface area contributed by atoms with Crippen LogP contribution in [0, 0.1) is 0 Å². The maximum atomic E-state index is 12.9. The van der Waals surface area contributed by atoms with Crippen LogP contribution in [0.4, 0.5) is 0 Å². The Hall–Kier alpha value is -1.16. The van der Waals surface area contributed by atoms with Gasteiger partial charge in [-0.3, -0.25) is 9.35 Å². The maximum absolute atomic E-state index is 12.9. The lowest BCUT2D eigenvalue weighted by atomic mass is 9.99. The fourth-order valence-corrected chi connectivity index (χ4v) is 9.77.